The molecule has 122 valence electrons. The number of piperidine rings is 1. The molecule has 0 aliphatic carbocycles. The minimum Gasteiger partial charge on any atom is -0.495 e. The highest BCUT2D eigenvalue weighted by molar-refractivity contribution is 5.93. The molecule has 0 saturated carbocycles. The second-order valence-corrected chi connectivity index (χ2v) is 6.34. The van der Waals surface area contributed by atoms with Crippen molar-refractivity contribution in [3.63, 3.8) is 0 Å². The molecule has 1 saturated heterocycles. The van der Waals surface area contributed by atoms with Gasteiger partial charge in [-0.2, -0.15) is 0 Å². The summed E-state index contributed by atoms with van der Waals surface area (Å²) in [6.07, 6.45) is 4.33. The Hall–Kier alpha value is -1.55. The van der Waals surface area contributed by atoms with Crippen LogP contribution in [0.1, 0.15) is 43.7 Å². The highest BCUT2D eigenvalue weighted by Gasteiger charge is 2.19. The lowest BCUT2D eigenvalue weighted by Crippen LogP contribution is -2.39. The zero-order valence-corrected chi connectivity index (χ0v) is 14.2. The van der Waals surface area contributed by atoms with Crippen LogP contribution in [-0.4, -0.2) is 37.0 Å². The van der Waals surface area contributed by atoms with Gasteiger partial charge in [-0.15, -0.1) is 0 Å². The summed E-state index contributed by atoms with van der Waals surface area (Å²) in [5.74, 6) is 0.792. The van der Waals surface area contributed by atoms with E-state index >= 15 is 0 Å². The molecule has 1 heterocycles. The van der Waals surface area contributed by atoms with E-state index in [9.17, 15) is 4.79 Å². The van der Waals surface area contributed by atoms with Crippen molar-refractivity contribution >= 4 is 11.6 Å². The number of carbonyl (C=O) groups is 1. The molecule has 4 heteroatoms. The first kappa shape index (κ1) is 16.8. The smallest absolute Gasteiger partial charge is 0.225 e. The second kappa shape index (κ2) is 7.63. The summed E-state index contributed by atoms with van der Waals surface area (Å²) >= 11 is 0. The van der Waals surface area contributed by atoms with Crippen LogP contribution < -0.4 is 10.1 Å². The van der Waals surface area contributed by atoms with Gasteiger partial charge in [-0.1, -0.05) is 12.5 Å². The van der Waals surface area contributed by atoms with Crippen LogP contribution in [0.2, 0.25) is 0 Å². The summed E-state index contributed by atoms with van der Waals surface area (Å²) in [5, 5.41) is 3.02. The van der Waals surface area contributed by atoms with Crippen molar-refractivity contribution in [1.82, 2.24) is 4.90 Å². The standard InChI is InChI=1S/C18H28N2O2/c1-13-11-14(2)18(16(12-13)22-4)19-17(21)8-10-20-9-6-5-7-15(20)3/h11-12,15H,5-10H2,1-4H3,(H,19,21)/t15-/m1/s1. The van der Waals surface area contributed by atoms with E-state index in [4.69, 9.17) is 4.74 Å². The highest BCUT2D eigenvalue weighted by atomic mass is 16.5. The molecular formula is C18H28N2O2. The molecule has 1 aromatic rings. The van der Waals surface area contributed by atoms with Crippen LogP contribution in [0.3, 0.4) is 0 Å². The van der Waals surface area contributed by atoms with E-state index in [0.717, 1.165) is 35.7 Å². The first-order valence-electron chi connectivity index (χ1n) is 8.20. The Kier molecular flexibility index (Phi) is 5.83. The monoisotopic (exact) mass is 304 g/mol. The predicted molar refractivity (Wildman–Crippen MR) is 90.6 cm³/mol. The van der Waals surface area contributed by atoms with Gasteiger partial charge in [-0.3, -0.25) is 4.79 Å². The van der Waals surface area contributed by atoms with Gasteiger partial charge in [0.25, 0.3) is 0 Å². The van der Waals surface area contributed by atoms with E-state index in [0.29, 0.717) is 12.5 Å². The molecule has 0 bridgehead atoms. The fraction of sp³-hybridized carbons (Fsp3) is 0.611. The zero-order valence-electron chi connectivity index (χ0n) is 14.2. The molecule has 2 rings (SSSR count). The quantitative estimate of drug-likeness (QED) is 0.905. The maximum Gasteiger partial charge on any atom is 0.225 e. The number of aryl methyl sites for hydroxylation is 2. The average Bonchev–Trinajstić information content (AvgIpc) is 2.49. The van der Waals surface area contributed by atoms with Gasteiger partial charge in [0.2, 0.25) is 5.91 Å². The number of amides is 1. The van der Waals surface area contributed by atoms with Gasteiger partial charge in [-0.05, 0) is 57.4 Å². The molecule has 1 aliphatic rings. The van der Waals surface area contributed by atoms with Gasteiger partial charge in [-0.25, -0.2) is 0 Å². The number of methoxy groups -OCH3 is 1. The van der Waals surface area contributed by atoms with Crippen molar-refractivity contribution in [2.45, 2.75) is 52.5 Å². The van der Waals surface area contributed by atoms with Gasteiger partial charge in [0, 0.05) is 19.0 Å². The molecule has 1 amide bonds. The number of benzene rings is 1. The maximum atomic E-state index is 12.3. The lowest BCUT2D eigenvalue weighted by atomic mass is 10.0. The summed E-state index contributed by atoms with van der Waals surface area (Å²) in [4.78, 5) is 14.7. The molecule has 0 spiro atoms. The number of anilines is 1. The molecule has 4 nitrogen and oxygen atoms in total. The summed E-state index contributed by atoms with van der Waals surface area (Å²) in [6, 6.07) is 4.61. The summed E-state index contributed by atoms with van der Waals surface area (Å²) in [6.45, 7) is 8.22. The minimum atomic E-state index is 0.0584. The Morgan fingerprint density at radius 2 is 2.14 bits per heavy atom. The second-order valence-electron chi connectivity index (χ2n) is 6.34. The van der Waals surface area contributed by atoms with Crippen LogP contribution in [0.25, 0.3) is 0 Å². The van der Waals surface area contributed by atoms with Gasteiger partial charge in [0.05, 0.1) is 12.8 Å². The van der Waals surface area contributed by atoms with E-state index < -0.39 is 0 Å². The van der Waals surface area contributed by atoms with Crippen molar-refractivity contribution in [1.29, 1.82) is 0 Å². The van der Waals surface area contributed by atoms with Crippen molar-refractivity contribution in [3.8, 4) is 5.75 Å². The molecule has 0 aromatic heterocycles. The first-order valence-corrected chi connectivity index (χ1v) is 8.20. The Balaban J connectivity index is 1.94. The predicted octanol–water partition coefficient (Wildman–Crippen LogP) is 3.52. The fourth-order valence-corrected chi connectivity index (χ4v) is 3.19. The Labute approximate surface area is 133 Å². The number of ether oxygens (including phenoxy) is 1. The lowest BCUT2D eigenvalue weighted by Gasteiger charge is -2.33. The third-order valence-electron chi connectivity index (χ3n) is 4.49. The molecule has 1 fully saturated rings. The molecule has 22 heavy (non-hydrogen) atoms. The molecule has 1 aromatic carbocycles. The first-order chi connectivity index (χ1) is 10.5. The Morgan fingerprint density at radius 1 is 1.36 bits per heavy atom. The van der Waals surface area contributed by atoms with Crippen molar-refractivity contribution in [3.05, 3.63) is 23.3 Å². The van der Waals surface area contributed by atoms with Crippen molar-refractivity contribution in [2.75, 3.05) is 25.5 Å². The molecule has 1 atom stereocenters. The van der Waals surface area contributed by atoms with Crippen LogP contribution in [0.4, 0.5) is 5.69 Å². The number of hydrogen-bond acceptors (Lipinski definition) is 3. The largest absolute Gasteiger partial charge is 0.495 e. The fourth-order valence-electron chi connectivity index (χ4n) is 3.19. The van der Waals surface area contributed by atoms with E-state index in [1.165, 1.54) is 19.3 Å². The van der Waals surface area contributed by atoms with E-state index in [2.05, 4.69) is 23.2 Å². The van der Waals surface area contributed by atoms with Crippen molar-refractivity contribution in [2.24, 2.45) is 0 Å². The van der Waals surface area contributed by atoms with Gasteiger partial charge >= 0.3 is 0 Å². The van der Waals surface area contributed by atoms with E-state index in [-0.39, 0.29) is 5.91 Å². The van der Waals surface area contributed by atoms with Crippen LogP contribution in [-0.2, 0) is 4.79 Å². The lowest BCUT2D eigenvalue weighted by molar-refractivity contribution is -0.116. The van der Waals surface area contributed by atoms with Gasteiger partial charge < -0.3 is 15.0 Å². The number of nitrogens with zero attached hydrogens (tertiary/aromatic N) is 1. The van der Waals surface area contributed by atoms with Crippen molar-refractivity contribution < 1.29 is 9.53 Å². The summed E-state index contributed by atoms with van der Waals surface area (Å²) < 4.78 is 5.39. The van der Waals surface area contributed by atoms with E-state index in [1.807, 2.05) is 19.9 Å². The Bertz CT molecular complexity index is 528. The molecule has 1 N–H and O–H groups in total. The minimum absolute atomic E-state index is 0.0584. The molecule has 1 aliphatic heterocycles. The molecular weight excluding hydrogens is 276 g/mol. The van der Waals surface area contributed by atoms with Gasteiger partial charge in [0.15, 0.2) is 0 Å². The van der Waals surface area contributed by atoms with Gasteiger partial charge in [0.1, 0.15) is 5.75 Å². The summed E-state index contributed by atoms with van der Waals surface area (Å²) in [5.41, 5.74) is 2.97. The summed E-state index contributed by atoms with van der Waals surface area (Å²) in [7, 11) is 1.64. The number of likely N-dealkylation sites (tertiary alicyclic amines) is 1. The van der Waals surface area contributed by atoms with Crippen LogP contribution in [0.15, 0.2) is 12.1 Å². The molecule has 0 radical (unpaired) electrons. The Morgan fingerprint density at radius 3 is 2.82 bits per heavy atom. The third kappa shape index (κ3) is 4.23. The van der Waals surface area contributed by atoms with E-state index in [1.54, 1.807) is 7.11 Å². The SMILES string of the molecule is COc1cc(C)cc(C)c1NC(=O)CCN1CCCC[C@H]1C. The number of carbonyl (C=O) groups excluding carboxylic acids is 1. The topological polar surface area (TPSA) is 41.6 Å². The van der Waals surface area contributed by atoms with Crippen LogP contribution in [0, 0.1) is 13.8 Å². The maximum absolute atomic E-state index is 12.3. The zero-order chi connectivity index (χ0) is 16.1. The number of hydrogen-bond donors (Lipinski definition) is 1. The van der Waals surface area contributed by atoms with Crippen LogP contribution in [0.5, 0.6) is 5.75 Å². The number of nitrogens with one attached hydrogen (secondary N) is 1. The van der Waals surface area contributed by atoms with Crippen LogP contribution >= 0.6 is 0 Å². The molecule has 0 unspecified atom stereocenters. The highest BCUT2D eigenvalue weighted by Crippen LogP contribution is 2.29. The third-order valence-corrected chi connectivity index (χ3v) is 4.49. The normalized spacial score (nSPS) is 19.0. The number of rotatable bonds is 5. The average molecular weight is 304 g/mol.